The van der Waals surface area contributed by atoms with Crippen molar-refractivity contribution >= 4 is 45.7 Å². The molecule has 10 nitrogen and oxygen atoms in total. The summed E-state index contributed by atoms with van der Waals surface area (Å²) in [6.07, 6.45) is 6.56. The Morgan fingerprint density at radius 3 is 2.69 bits per heavy atom. The van der Waals surface area contributed by atoms with Gasteiger partial charge in [0, 0.05) is 59.6 Å². The third-order valence-electron chi connectivity index (χ3n) is 7.23. The third kappa shape index (κ3) is 6.26. The molecule has 0 aliphatic heterocycles. The topological polar surface area (TPSA) is 131 Å². The number of fused-ring (bicyclic) bond motifs is 1. The number of nitrogens with zero attached hydrogens (tertiary/aromatic N) is 4. The average Bonchev–Trinajstić information content (AvgIpc) is 3.74. The number of anilines is 1. The lowest BCUT2D eigenvalue weighted by Gasteiger charge is -2.18. The van der Waals surface area contributed by atoms with Gasteiger partial charge in [-0.1, -0.05) is 18.2 Å². The van der Waals surface area contributed by atoms with Gasteiger partial charge in [0.15, 0.2) is 0 Å². The number of benzene rings is 2. The molecule has 0 saturated carbocycles. The molecule has 5 rings (SSSR count). The quantitative estimate of drug-likeness (QED) is 0.194. The molecule has 2 aromatic carbocycles. The second-order valence-corrected chi connectivity index (χ2v) is 11.1. The van der Waals surface area contributed by atoms with Gasteiger partial charge in [-0.25, -0.2) is 4.98 Å². The highest BCUT2D eigenvalue weighted by Crippen LogP contribution is 2.28. The van der Waals surface area contributed by atoms with Crippen LogP contribution in [0.3, 0.4) is 0 Å². The van der Waals surface area contributed by atoms with Crippen molar-refractivity contribution < 1.29 is 19.5 Å². The lowest BCUT2D eigenvalue weighted by Crippen LogP contribution is -2.24. The van der Waals surface area contributed by atoms with Gasteiger partial charge in [0.25, 0.3) is 5.91 Å². The lowest BCUT2D eigenvalue weighted by molar-refractivity contribution is -0.137. The Morgan fingerprint density at radius 1 is 1.12 bits per heavy atom. The maximum atomic E-state index is 13.7. The molecule has 0 spiro atoms. The minimum atomic E-state index is -0.855. The summed E-state index contributed by atoms with van der Waals surface area (Å²) in [6.45, 7) is 4.28. The van der Waals surface area contributed by atoms with Gasteiger partial charge in [0.1, 0.15) is 16.7 Å². The van der Waals surface area contributed by atoms with Crippen LogP contribution in [0.15, 0.2) is 66.4 Å². The van der Waals surface area contributed by atoms with E-state index in [2.05, 4.69) is 20.7 Å². The number of thiazole rings is 1. The van der Waals surface area contributed by atoms with Crippen LogP contribution in [0.2, 0.25) is 0 Å². The first-order chi connectivity index (χ1) is 20.2. The number of hydrogen-bond acceptors (Lipinski definition) is 6. The molecule has 0 aliphatic carbocycles. The van der Waals surface area contributed by atoms with Crippen LogP contribution in [0.4, 0.5) is 5.69 Å². The van der Waals surface area contributed by atoms with Crippen molar-refractivity contribution in [3.63, 3.8) is 0 Å². The zero-order valence-corrected chi connectivity index (χ0v) is 24.4. The fourth-order valence-electron chi connectivity index (χ4n) is 4.98. The molecular weight excluding hydrogens is 552 g/mol. The van der Waals surface area contributed by atoms with Crippen LogP contribution in [0.1, 0.15) is 52.9 Å². The first kappa shape index (κ1) is 28.7. The second kappa shape index (κ2) is 12.4. The number of aryl methyl sites for hydroxylation is 2. The van der Waals surface area contributed by atoms with Gasteiger partial charge >= 0.3 is 5.97 Å². The van der Waals surface area contributed by atoms with E-state index >= 15 is 0 Å². The highest BCUT2D eigenvalue weighted by molar-refractivity contribution is 7.13. The number of carboxylic acids is 1. The Hall–Kier alpha value is -4.77. The van der Waals surface area contributed by atoms with Gasteiger partial charge in [0.05, 0.1) is 6.54 Å². The monoisotopic (exact) mass is 584 g/mol. The van der Waals surface area contributed by atoms with Gasteiger partial charge in [-0.05, 0) is 67.6 Å². The van der Waals surface area contributed by atoms with Crippen molar-refractivity contribution in [2.24, 2.45) is 0 Å². The van der Waals surface area contributed by atoms with Crippen LogP contribution in [-0.4, -0.2) is 49.3 Å². The fourth-order valence-corrected chi connectivity index (χ4v) is 5.59. The van der Waals surface area contributed by atoms with Crippen LogP contribution < -0.4 is 10.6 Å². The van der Waals surface area contributed by atoms with E-state index in [1.807, 2.05) is 71.2 Å². The Morgan fingerprint density at radius 2 is 1.95 bits per heavy atom. The van der Waals surface area contributed by atoms with Crippen molar-refractivity contribution in [2.45, 2.75) is 45.7 Å². The van der Waals surface area contributed by atoms with Crippen molar-refractivity contribution in [1.82, 2.24) is 24.6 Å². The summed E-state index contributed by atoms with van der Waals surface area (Å²) in [4.78, 5) is 41.4. The summed E-state index contributed by atoms with van der Waals surface area (Å²) in [5, 5.41) is 23.2. The smallest absolute Gasteiger partial charge is 0.303 e. The molecule has 3 heterocycles. The van der Waals surface area contributed by atoms with E-state index in [0.29, 0.717) is 30.6 Å². The number of carboxylic acid groups (broad SMARTS) is 1. The highest BCUT2D eigenvalue weighted by Gasteiger charge is 2.20. The van der Waals surface area contributed by atoms with E-state index in [4.69, 9.17) is 5.11 Å². The van der Waals surface area contributed by atoms with E-state index < -0.39 is 12.0 Å². The summed E-state index contributed by atoms with van der Waals surface area (Å²) >= 11 is 1.52. The molecule has 1 unspecified atom stereocenters. The summed E-state index contributed by atoms with van der Waals surface area (Å²) in [5.41, 5.74) is 5.54. The van der Waals surface area contributed by atoms with Gasteiger partial charge in [-0.15, -0.1) is 11.3 Å². The minimum Gasteiger partial charge on any atom is -0.481 e. The maximum Gasteiger partial charge on any atom is 0.303 e. The van der Waals surface area contributed by atoms with Gasteiger partial charge < -0.3 is 20.3 Å². The third-order valence-corrected chi connectivity index (χ3v) is 8.02. The van der Waals surface area contributed by atoms with Crippen LogP contribution >= 0.6 is 11.3 Å². The van der Waals surface area contributed by atoms with E-state index in [9.17, 15) is 14.4 Å². The highest BCUT2D eigenvalue weighted by atomic mass is 32.1. The van der Waals surface area contributed by atoms with Crippen LogP contribution in [-0.2, 0) is 22.6 Å². The molecule has 2 amide bonds. The zero-order valence-electron chi connectivity index (χ0n) is 23.6. The molecule has 0 saturated heterocycles. The Kier molecular flexibility index (Phi) is 8.48. The number of rotatable bonds is 11. The first-order valence-corrected chi connectivity index (χ1v) is 14.5. The number of aliphatic carboxylic acids is 1. The Labute approximate surface area is 247 Å². The minimum absolute atomic E-state index is 0.0423. The predicted octanol–water partition coefficient (Wildman–Crippen LogP) is 5.28. The van der Waals surface area contributed by atoms with Crippen molar-refractivity contribution in [1.29, 1.82) is 0 Å². The normalized spacial score (nSPS) is 11.9. The summed E-state index contributed by atoms with van der Waals surface area (Å²) in [6, 6.07) is 12.6. The molecule has 11 heteroatoms. The molecule has 42 heavy (non-hydrogen) atoms. The van der Waals surface area contributed by atoms with Crippen molar-refractivity contribution in [3.8, 4) is 10.7 Å². The van der Waals surface area contributed by atoms with Crippen molar-refractivity contribution in [3.05, 3.63) is 88.7 Å². The number of amides is 2. The molecule has 216 valence electrons. The molecule has 1 atom stereocenters. The molecule has 0 fully saturated rings. The van der Waals surface area contributed by atoms with Crippen molar-refractivity contribution in [2.75, 3.05) is 12.4 Å². The Bertz CT molecular complexity index is 1750. The van der Waals surface area contributed by atoms with Crippen LogP contribution in [0, 0.1) is 6.92 Å². The van der Waals surface area contributed by atoms with Gasteiger partial charge in [0.2, 0.25) is 5.91 Å². The number of carbonyl (C=O) groups excluding carboxylic acids is 2. The zero-order chi connectivity index (χ0) is 29.8. The molecule has 0 bridgehead atoms. The van der Waals surface area contributed by atoms with E-state index in [1.165, 1.54) is 11.3 Å². The summed E-state index contributed by atoms with van der Waals surface area (Å²) in [5.74, 6) is -1.27. The standard InChI is InChI=1S/C31H32N6O4S/c1-19-17-37(27-16-23(30(41)32-3)9-10-24(19)27)20(2)29(40)34-26-15-21(7-8-22(26)5-4-6-28(38)39)18-36-13-11-25(35-36)31-33-12-14-42-31/h7-17,20H,4-6,18H2,1-3H3,(H,32,41)(H,34,40)(H,38,39). The molecule has 3 N–H and O–H groups in total. The number of carbonyl (C=O) groups is 3. The number of nitrogens with one attached hydrogen (secondary N) is 2. The SMILES string of the molecule is CNC(=O)c1ccc2c(C)cn(C(C)C(=O)Nc3cc(Cn4ccc(-c5nccs5)n4)ccc3CCCC(=O)O)c2c1. The predicted molar refractivity (Wildman–Crippen MR) is 163 cm³/mol. The molecule has 0 aliphatic rings. The fraction of sp³-hybridized carbons (Fsp3) is 0.258. The maximum absolute atomic E-state index is 13.7. The molecular formula is C31H32N6O4S. The summed E-state index contributed by atoms with van der Waals surface area (Å²) in [7, 11) is 1.58. The number of hydrogen-bond donors (Lipinski definition) is 3. The van der Waals surface area contributed by atoms with E-state index in [1.54, 1.807) is 25.4 Å². The van der Waals surface area contributed by atoms with E-state index in [0.717, 1.165) is 38.3 Å². The number of aromatic nitrogens is 4. The van der Waals surface area contributed by atoms with Gasteiger partial charge in [-0.3, -0.25) is 19.1 Å². The molecule has 5 aromatic rings. The van der Waals surface area contributed by atoms with E-state index in [-0.39, 0.29) is 18.2 Å². The first-order valence-electron chi connectivity index (χ1n) is 13.6. The van der Waals surface area contributed by atoms with Crippen LogP contribution in [0.5, 0.6) is 0 Å². The molecule has 0 radical (unpaired) electrons. The van der Waals surface area contributed by atoms with Gasteiger partial charge in [-0.2, -0.15) is 5.10 Å². The summed E-state index contributed by atoms with van der Waals surface area (Å²) < 4.78 is 3.70. The molecule has 3 aromatic heterocycles. The lowest BCUT2D eigenvalue weighted by atomic mass is 10.0. The largest absolute Gasteiger partial charge is 0.481 e. The Balaban J connectivity index is 1.41. The van der Waals surface area contributed by atoms with Crippen LogP contribution in [0.25, 0.3) is 21.6 Å². The second-order valence-electron chi connectivity index (χ2n) is 10.2. The average molecular weight is 585 g/mol.